The standard InChI is InChI=1S/C21H21NO4S/c1-4-17-19(21(23)24)27-20(22-17)16-10-9-15(25-3)11-18(16)26-12-14-7-5-13(2)6-8-14/h5-11H,4,12H2,1-3H3,(H,23,24). The van der Waals surface area contributed by atoms with Crippen LogP contribution in [0.3, 0.4) is 0 Å². The maximum absolute atomic E-state index is 11.5. The van der Waals surface area contributed by atoms with Gasteiger partial charge in [0.1, 0.15) is 28.0 Å². The van der Waals surface area contributed by atoms with Gasteiger partial charge in [-0.15, -0.1) is 11.3 Å². The second-order valence-electron chi connectivity index (χ2n) is 6.09. The third-order valence-electron chi connectivity index (χ3n) is 4.16. The molecule has 2 aromatic carbocycles. The number of aryl methyl sites for hydroxylation is 2. The van der Waals surface area contributed by atoms with Gasteiger partial charge in [0.2, 0.25) is 0 Å². The average molecular weight is 383 g/mol. The molecule has 27 heavy (non-hydrogen) atoms. The molecule has 0 fully saturated rings. The normalized spacial score (nSPS) is 10.6. The van der Waals surface area contributed by atoms with Crippen LogP contribution < -0.4 is 9.47 Å². The lowest BCUT2D eigenvalue weighted by Gasteiger charge is -2.12. The first kappa shape index (κ1) is 18.9. The number of thiazole rings is 1. The van der Waals surface area contributed by atoms with E-state index in [1.165, 1.54) is 16.9 Å². The monoisotopic (exact) mass is 383 g/mol. The van der Waals surface area contributed by atoms with Crippen molar-refractivity contribution in [3.63, 3.8) is 0 Å². The van der Waals surface area contributed by atoms with Gasteiger partial charge in [0.15, 0.2) is 0 Å². The number of methoxy groups -OCH3 is 1. The lowest BCUT2D eigenvalue weighted by atomic mass is 10.1. The Balaban J connectivity index is 1.95. The molecule has 0 aliphatic carbocycles. The molecule has 0 aliphatic rings. The summed E-state index contributed by atoms with van der Waals surface area (Å²) in [6.07, 6.45) is 0.563. The largest absolute Gasteiger partial charge is 0.497 e. The van der Waals surface area contributed by atoms with Crippen LogP contribution in [0.15, 0.2) is 42.5 Å². The number of aromatic carboxylic acids is 1. The van der Waals surface area contributed by atoms with Crippen LogP contribution in [-0.4, -0.2) is 23.2 Å². The zero-order chi connectivity index (χ0) is 19.4. The molecule has 0 atom stereocenters. The minimum Gasteiger partial charge on any atom is -0.497 e. The second kappa shape index (κ2) is 8.22. The minimum atomic E-state index is -0.953. The molecular formula is C21H21NO4S. The maximum atomic E-state index is 11.5. The van der Waals surface area contributed by atoms with Gasteiger partial charge in [-0.3, -0.25) is 0 Å². The van der Waals surface area contributed by atoms with E-state index in [9.17, 15) is 9.90 Å². The van der Waals surface area contributed by atoms with Crippen molar-refractivity contribution >= 4 is 17.3 Å². The van der Waals surface area contributed by atoms with E-state index >= 15 is 0 Å². The van der Waals surface area contributed by atoms with E-state index in [1.54, 1.807) is 13.2 Å². The van der Waals surface area contributed by atoms with Crippen molar-refractivity contribution in [3.8, 4) is 22.1 Å². The van der Waals surface area contributed by atoms with Gasteiger partial charge in [-0.05, 0) is 31.0 Å². The molecule has 0 saturated heterocycles. The highest BCUT2D eigenvalue weighted by Gasteiger charge is 2.19. The summed E-state index contributed by atoms with van der Waals surface area (Å²) in [6, 6.07) is 13.6. The Morgan fingerprint density at radius 2 is 1.93 bits per heavy atom. The molecule has 1 N–H and O–H groups in total. The van der Waals surface area contributed by atoms with E-state index in [0.29, 0.717) is 35.2 Å². The molecule has 0 aliphatic heterocycles. The highest BCUT2D eigenvalue weighted by atomic mass is 32.1. The van der Waals surface area contributed by atoms with Crippen LogP contribution in [-0.2, 0) is 13.0 Å². The lowest BCUT2D eigenvalue weighted by Crippen LogP contribution is -1.98. The van der Waals surface area contributed by atoms with Crippen LogP contribution in [0.5, 0.6) is 11.5 Å². The molecule has 0 unspecified atom stereocenters. The number of carbonyl (C=O) groups is 1. The highest BCUT2D eigenvalue weighted by Crippen LogP contribution is 2.37. The molecule has 0 bridgehead atoms. The number of hydrogen-bond donors (Lipinski definition) is 1. The highest BCUT2D eigenvalue weighted by molar-refractivity contribution is 7.17. The first-order chi connectivity index (χ1) is 13.0. The van der Waals surface area contributed by atoms with Crippen molar-refractivity contribution in [2.24, 2.45) is 0 Å². The number of aromatic nitrogens is 1. The summed E-state index contributed by atoms with van der Waals surface area (Å²) in [7, 11) is 1.60. The number of rotatable bonds is 7. The van der Waals surface area contributed by atoms with E-state index < -0.39 is 5.97 Å². The summed E-state index contributed by atoms with van der Waals surface area (Å²) < 4.78 is 11.4. The molecule has 1 heterocycles. The van der Waals surface area contributed by atoms with Crippen molar-refractivity contribution in [1.29, 1.82) is 0 Å². The molecule has 6 heteroatoms. The van der Waals surface area contributed by atoms with Gasteiger partial charge in [0.25, 0.3) is 0 Å². The number of ether oxygens (including phenoxy) is 2. The predicted octanol–water partition coefficient (Wildman–Crippen LogP) is 4.97. The summed E-state index contributed by atoms with van der Waals surface area (Å²) in [4.78, 5) is 16.3. The van der Waals surface area contributed by atoms with Crippen LogP contribution in [0, 0.1) is 6.92 Å². The van der Waals surface area contributed by atoms with Gasteiger partial charge in [-0.25, -0.2) is 9.78 Å². The van der Waals surface area contributed by atoms with E-state index in [4.69, 9.17) is 9.47 Å². The smallest absolute Gasteiger partial charge is 0.347 e. The fourth-order valence-electron chi connectivity index (χ4n) is 2.64. The van der Waals surface area contributed by atoms with Gasteiger partial charge >= 0.3 is 5.97 Å². The Kier molecular flexibility index (Phi) is 5.76. The van der Waals surface area contributed by atoms with Crippen LogP contribution in [0.4, 0.5) is 0 Å². The molecule has 0 radical (unpaired) electrons. The summed E-state index contributed by atoms with van der Waals surface area (Å²) in [6.45, 7) is 4.34. The third-order valence-corrected chi connectivity index (χ3v) is 5.28. The van der Waals surface area contributed by atoms with Crippen LogP contribution >= 0.6 is 11.3 Å². The lowest BCUT2D eigenvalue weighted by molar-refractivity contribution is 0.0701. The van der Waals surface area contributed by atoms with Crippen molar-refractivity contribution in [3.05, 3.63) is 64.2 Å². The SMILES string of the molecule is CCc1nc(-c2ccc(OC)cc2OCc2ccc(C)cc2)sc1C(=O)O. The van der Waals surface area contributed by atoms with E-state index in [1.807, 2.05) is 50.2 Å². The average Bonchev–Trinajstić information content (AvgIpc) is 3.12. The van der Waals surface area contributed by atoms with E-state index in [0.717, 1.165) is 11.1 Å². The Labute approximate surface area is 162 Å². The fraction of sp³-hybridized carbons (Fsp3) is 0.238. The van der Waals surface area contributed by atoms with Crippen molar-refractivity contribution < 1.29 is 19.4 Å². The summed E-state index contributed by atoms with van der Waals surface area (Å²) in [5, 5.41) is 10.0. The van der Waals surface area contributed by atoms with Gasteiger partial charge in [-0.1, -0.05) is 36.8 Å². The number of carboxylic acid groups (broad SMARTS) is 1. The zero-order valence-corrected chi connectivity index (χ0v) is 16.3. The Morgan fingerprint density at radius 3 is 2.52 bits per heavy atom. The summed E-state index contributed by atoms with van der Waals surface area (Å²) in [5.74, 6) is 0.331. The van der Waals surface area contributed by atoms with Crippen molar-refractivity contribution in [2.75, 3.05) is 7.11 Å². The number of benzene rings is 2. The number of hydrogen-bond acceptors (Lipinski definition) is 5. The van der Waals surface area contributed by atoms with Gasteiger partial charge < -0.3 is 14.6 Å². The summed E-state index contributed by atoms with van der Waals surface area (Å²) >= 11 is 1.17. The predicted molar refractivity (Wildman–Crippen MR) is 106 cm³/mol. The number of carboxylic acids is 1. The van der Waals surface area contributed by atoms with Gasteiger partial charge in [0, 0.05) is 6.07 Å². The first-order valence-corrected chi connectivity index (χ1v) is 9.43. The number of nitrogens with zero attached hydrogens (tertiary/aromatic N) is 1. The van der Waals surface area contributed by atoms with E-state index in [2.05, 4.69) is 4.98 Å². The van der Waals surface area contributed by atoms with Crippen LogP contribution in [0.25, 0.3) is 10.6 Å². The second-order valence-corrected chi connectivity index (χ2v) is 7.09. The Hall–Kier alpha value is -2.86. The molecule has 5 nitrogen and oxygen atoms in total. The Bertz CT molecular complexity index is 947. The maximum Gasteiger partial charge on any atom is 0.347 e. The molecule has 3 rings (SSSR count). The van der Waals surface area contributed by atoms with Crippen molar-refractivity contribution in [2.45, 2.75) is 26.9 Å². The molecule has 0 spiro atoms. The van der Waals surface area contributed by atoms with Crippen LogP contribution in [0.1, 0.15) is 33.4 Å². The molecule has 1 aromatic heterocycles. The Morgan fingerprint density at radius 1 is 1.19 bits per heavy atom. The molecule has 0 amide bonds. The van der Waals surface area contributed by atoms with E-state index in [-0.39, 0.29) is 4.88 Å². The third kappa shape index (κ3) is 4.28. The van der Waals surface area contributed by atoms with Crippen LogP contribution in [0.2, 0.25) is 0 Å². The van der Waals surface area contributed by atoms with Crippen molar-refractivity contribution in [1.82, 2.24) is 4.98 Å². The molecular weight excluding hydrogens is 362 g/mol. The zero-order valence-electron chi connectivity index (χ0n) is 15.5. The fourth-order valence-corrected chi connectivity index (χ4v) is 3.67. The molecule has 3 aromatic rings. The quantitative estimate of drug-likeness (QED) is 0.624. The topological polar surface area (TPSA) is 68.7 Å². The first-order valence-electron chi connectivity index (χ1n) is 8.61. The minimum absolute atomic E-state index is 0.271. The molecule has 140 valence electrons. The van der Waals surface area contributed by atoms with Gasteiger partial charge in [-0.2, -0.15) is 0 Å². The summed E-state index contributed by atoms with van der Waals surface area (Å²) in [5.41, 5.74) is 3.59. The van der Waals surface area contributed by atoms with Gasteiger partial charge in [0.05, 0.1) is 18.4 Å². The molecule has 0 saturated carbocycles.